The Labute approximate surface area is 215 Å². The van der Waals surface area contributed by atoms with Gasteiger partial charge in [-0.3, -0.25) is 13.9 Å². The van der Waals surface area contributed by atoms with Crippen molar-refractivity contribution in [3.05, 3.63) is 31.3 Å². The molecule has 2 aromatic heterocycles. The van der Waals surface area contributed by atoms with E-state index in [2.05, 4.69) is 5.43 Å². The van der Waals surface area contributed by atoms with Gasteiger partial charge in [0.1, 0.15) is 10.4 Å². The van der Waals surface area contributed by atoms with Crippen molar-refractivity contribution in [1.82, 2.24) is 19.6 Å². The molecule has 3 rings (SSSR count). The minimum absolute atomic E-state index is 0.0725. The summed E-state index contributed by atoms with van der Waals surface area (Å²) in [7, 11) is 0. The Kier molecular flexibility index (Phi) is 7.47. The molecule has 206 valence electrons. The van der Waals surface area contributed by atoms with Crippen molar-refractivity contribution < 1.29 is 27.5 Å². The molecule has 10 nitrogen and oxygen atoms in total. The highest BCUT2D eigenvalue weighted by Gasteiger charge is 2.40. The van der Waals surface area contributed by atoms with Crippen LogP contribution in [0.5, 0.6) is 0 Å². The van der Waals surface area contributed by atoms with Gasteiger partial charge in [0.25, 0.3) is 5.56 Å². The van der Waals surface area contributed by atoms with E-state index >= 15 is 0 Å². The normalized spacial score (nSPS) is 15.9. The summed E-state index contributed by atoms with van der Waals surface area (Å²) in [5.41, 5.74) is 5.71. The Bertz CT molecular complexity index is 1330. The van der Waals surface area contributed by atoms with Crippen LogP contribution in [0.3, 0.4) is 0 Å². The highest BCUT2D eigenvalue weighted by molar-refractivity contribution is 7.18. The van der Waals surface area contributed by atoms with E-state index in [1.165, 1.54) is 0 Å². The van der Waals surface area contributed by atoms with E-state index in [9.17, 15) is 32.3 Å². The molecule has 1 aliphatic carbocycles. The van der Waals surface area contributed by atoms with Gasteiger partial charge in [0.15, 0.2) is 0 Å². The maximum Gasteiger partial charge on any atom is 0.426 e. The van der Waals surface area contributed by atoms with Crippen LogP contribution in [0, 0.1) is 12.3 Å². The van der Waals surface area contributed by atoms with Gasteiger partial charge in [0.2, 0.25) is 0 Å². The molecule has 2 aromatic rings. The molecular weight excluding hydrogens is 515 g/mol. The maximum atomic E-state index is 13.5. The zero-order valence-electron chi connectivity index (χ0n) is 21.6. The van der Waals surface area contributed by atoms with E-state index in [-0.39, 0.29) is 22.2 Å². The third-order valence-electron chi connectivity index (χ3n) is 6.10. The molecule has 1 aliphatic rings. The lowest BCUT2D eigenvalue weighted by molar-refractivity contribution is -0.136. The highest BCUT2D eigenvalue weighted by atomic mass is 32.1. The van der Waals surface area contributed by atoms with Crippen LogP contribution >= 0.6 is 11.3 Å². The molecule has 0 aliphatic heterocycles. The van der Waals surface area contributed by atoms with Gasteiger partial charge in [-0.25, -0.2) is 24.8 Å². The molecule has 0 spiro atoms. The van der Waals surface area contributed by atoms with Crippen LogP contribution in [0.4, 0.5) is 22.8 Å². The summed E-state index contributed by atoms with van der Waals surface area (Å²) >= 11 is 0.902. The summed E-state index contributed by atoms with van der Waals surface area (Å²) in [5, 5.41) is 0.880. The Morgan fingerprint density at radius 1 is 1.22 bits per heavy atom. The Hall–Kier alpha value is -3.03. The molecule has 0 atom stereocenters. The molecular formula is C23H32F3N5O5S. The second kappa shape index (κ2) is 9.69. The van der Waals surface area contributed by atoms with Gasteiger partial charge in [-0.05, 0) is 51.5 Å². The number of aryl methyl sites for hydroxylation is 2. The molecule has 0 bridgehead atoms. The third kappa shape index (κ3) is 6.46. The number of carbonyl (C=O) groups is 2. The quantitative estimate of drug-likeness (QED) is 0.543. The summed E-state index contributed by atoms with van der Waals surface area (Å²) in [5.74, 6) is 0. The number of nitrogens with zero attached hydrogens (tertiary/aromatic N) is 3. The number of primary amides is 1. The molecule has 0 aromatic carbocycles. The van der Waals surface area contributed by atoms with Crippen molar-refractivity contribution in [2.75, 3.05) is 0 Å². The molecule has 14 heteroatoms. The number of carbonyl (C=O) groups excluding carboxylic acids is 2. The number of rotatable bonds is 5. The first-order valence-corrected chi connectivity index (χ1v) is 12.5. The largest absolute Gasteiger partial charge is 0.443 e. The lowest BCUT2D eigenvalue weighted by atomic mass is 9.68. The molecule has 2 heterocycles. The first-order valence-electron chi connectivity index (χ1n) is 11.7. The number of aromatic nitrogens is 2. The molecule has 0 radical (unpaired) electrons. The van der Waals surface area contributed by atoms with Gasteiger partial charge in [-0.2, -0.15) is 13.2 Å². The Morgan fingerprint density at radius 2 is 1.81 bits per heavy atom. The fraction of sp³-hybridized carbons (Fsp3) is 0.652. The minimum atomic E-state index is -4.51. The van der Waals surface area contributed by atoms with Crippen molar-refractivity contribution in [3.63, 3.8) is 0 Å². The van der Waals surface area contributed by atoms with Gasteiger partial charge < -0.3 is 10.5 Å². The number of fused-ring (bicyclic) bond motifs is 1. The Morgan fingerprint density at radius 3 is 2.30 bits per heavy atom. The third-order valence-corrected chi connectivity index (χ3v) is 7.39. The fourth-order valence-electron chi connectivity index (χ4n) is 4.44. The lowest BCUT2D eigenvalue weighted by Crippen LogP contribution is -2.49. The predicted molar refractivity (Wildman–Crippen MR) is 132 cm³/mol. The topological polar surface area (TPSA) is 129 Å². The minimum Gasteiger partial charge on any atom is -0.443 e. The molecule has 0 unspecified atom stereocenters. The number of hydrogen-bond acceptors (Lipinski definition) is 6. The lowest BCUT2D eigenvalue weighted by Gasteiger charge is -2.43. The molecule has 0 saturated heterocycles. The number of halogens is 3. The van der Waals surface area contributed by atoms with E-state index in [1.54, 1.807) is 27.7 Å². The highest BCUT2D eigenvalue weighted by Crippen LogP contribution is 2.47. The van der Waals surface area contributed by atoms with Crippen molar-refractivity contribution in [1.29, 1.82) is 0 Å². The van der Waals surface area contributed by atoms with E-state index in [4.69, 9.17) is 10.5 Å². The number of hydrogen-bond donors (Lipinski definition) is 2. The number of alkyl halides is 3. The number of hydrazine groups is 1. The number of ether oxygens (including phenoxy) is 1. The van der Waals surface area contributed by atoms with Crippen LogP contribution in [-0.2, 0) is 17.8 Å². The van der Waals surface area contributed by atoms with Crippen LogP contribution < -0.4 is 22.4 Å². The summed E-state index contributed by atoms with van der Waals surface area (Å²) in [6.45, 7) is 9.49. The summed E-state index contributed by atoms with van der Waals surface area (Å²) < 4.78 is 46.4. The number of urea groups is 1. The molecule has 3 N–H and O–H groups in total. The first kappa shape index (κ1) is 28.5. The van der Waals surface area contributed by atoms with Crippen LogP contribution in [0.2, 0.25) is 0 Å². The second-order valence-corrected chi connectivity index (χ2v) is 12.2. The monoisotopic (exact) mass is 547 g/mol. The maximum absolute atomic E-state index is 13.5. The van der Waals surface area contributed by atoms with E-state index in [0.29, 0.717) is 23.3 Å². The van der Waals surface area contributed by atoms with Gasteiger partial charge in [-0.15, -0.1) is 11.3 Å². The van der Waals surface area contributed by atoms with E-state index in [0.717, 1.165) is 25.5 Å². The number of nitrogens with two attached hydrogens (primary N) is 1. The first-order chi connectivity index (χ1) is 16.8. The molecule has 1 saturated carbocycles. The average Bonchev–Trinajstić information content (AvgIpc) is 2.99. The fourth-order valence-corrected chi connectivity index (χ4v) is 5.75. The van der Waals surface area contributed by atoms with Crippen molar-refractivity contribution in [2.45, 2.75) is 91.7 Å². The summed E-state index contributed by atoms with van der Waals surface area (Å²) in [6.07, 6.45) is -5.63. The van der Waals surface area contributed by atoms with Gasteiger partial charge in [-0.1, -0.05) is 13.8 Å². The summed E-state index contributed by atoms with van der Waals surface area (Å²) in [6, 6.07) is -1.44. The molecule has 1 fully saturated rings. The van der Waals surface area contributed by atoms with Gasteiger partial charge in [0.05, 0.1) is 18.4 Å². The number of nitrogens with one attached hydrogen (secondary N) is 1. The zero-order valence-corrected chi connectivity index (χ0v) is 22.4. The zero-order chi connectivity index (χ0) is 28.1. The Balaban J connectivity index is 2.09. The average molecular weight is 548 g/mol. The van der Waals surface area contributed by atoms with Crippen molar-refractivity contribution in [3.8, 4) is 0 Å². The van der Waals surface area contributed by atoms with Crippen LogP contribution in [-0.4, -0.2) is 38.0 Å². The SMILES string of the molecule is Cc1c(CN(NC(=O)OC(C)(C)C)C(N)=O)sc2c1c(=O)n(C1CC(C)(C)C1)c(=O)n2CCC(F)(F)F. The standard InChI is InChI=1S/C23H32F3N5O5S/c1-12-14(11-30(18(27)33)28-19(34)36-21(2,3)4)37-17-15(12)16(32)31(13-9-22(5,6)10-13)20(35)29(17)8-7-23(24,25)26/h13H,7-11H2,1-6H3,(H2,27,33)(H,28,34). The van der Waals surface area contributed by atoms with Crippen LogP contribution in [0.15, 0.2) is 9.59 Å². The number of amides is 3. The molecule has 3 amide bonds. The summed E-state index contributed by atoms with van der Waals surface area (Å²) in [4.78, 5) is 51.4. The molecule has 37 heavy (non-hydrogen) atoms. The van der Waals surface area contributed by atoms with E-state index < -0.39 is 54.2 Å². The van der Waals surface area contributed by atoms with E-state index in [1.807, 2.05) is 13.8 Å². The van der Waals surface area contributed by atoms with Gasteiger partial charge in [0, 0.05) is 17.5 Å². The second-order valence-electron chi connectivity index (χ2n) is 11.1. The van der Waals surface area contributed by atoms with Crippen LogP contribution in [0.25, 0.3) is 10.2 Å². The smallest absolute Gasteiger partial charge is 0.426 e. The number of thiophene rings is 1. The predicted octanol–water partition coefficient (Wildman–Crippen LogP) is 4.17. The van der Waals surface area contributed by atoms with Crippen molar-refractivity contribution >= 4 is 33.7 Å². The van der Waals surface area contributed by atoms with Crippen LogP contribution in [0.1, 0.15) is 70.4 Å². The van der Waals surface area contributed by atoms with Crippen molar-refractivity contribution in [2.24, 2.45) is 11.1 Å². The van der Waals surface area contributed by atoms with Gasteiger partial charge >= 0.3 is 24.0 Å².